The summed E-state index contributed by atoms with van der Waals surface area (Å²) in [6.07, 6.45) is 73.1. The minimum absolute atomic E-state index is 0.00597. The lowest BCUT2D eigenvalue weighted by Gasteiger charge is -2.22. The van der Waals surface area contributed by atoms with E-state index in [-0.39, 0.29) is 18.5 Å². The molecule has 0 radical (unpaired) electrons. The number of aliphatic hydroxyl groups is 2. The molecule has 6 heteroatoms. The second kappa shape index (κ2) is 58.6. The molecule has 69 heavy (non-hydrogen) atoms. The van der Waals surface area contributed by atoms with Crippen molar-refractivity contribution in [2.75, 3.05) is 13.2 Å². The number of hydrogen-bond donors (Lipinski definition) is 3. The van der Waals surface area contributed by atoms with E-state index in [1.807, 2.05) is 0 Å². The summed E-state index contributed by atoms with van der Waals surface area (Å²) in [5.41, 5.74) is 0. The summed E-state index contributed by atoms with van der Waals surface area (Å²) < 4.78 is 5.49. The number of rotatable bonds is 57. The summed E-state index contributed by atoms with van der Waals surface area (Å²) in [6, 6.07) is -0.542. The third-order valence-electron chi connectivity index (χ3n) is 14.2. The van der Waals surface area contributed by atoms with Crippen LogP contribution in [0.2, 0.25) is 0 Å². The molecule has 0 bridgehead atoms. The van der Waals surface area contributed by atoms with Crippen LogP contribution >= 0.6 is 0 Å². The van der Waals surface area contributed by atoms with Gasteiger partial charge in [0.25, 0.3) is 0 Å². The first-order valence-electron chi connectivity index (χ1n) is 30.7. The van der Waals surface area contributed by atoms with Gasteiger partial charge < -0.3 is 20.3 Å². The Balaban J connectivity index is 3.36. The van der Waals surface area contributed by atoms with Crippen molar-refractivity contribution in [1.82, 2.24) is 5.32 Å². The van der Waals surface area contributed by atoms with Gasteiger partial charge >= 0.3 is 5.97 Å². The molecule has 2 unspecified atom stereocenters. The lowest BCUT2D eigenvalue weighted by molar-refractivity contribution is -0.143. The van der Waals surface area contributed by atoms with Gasteiger partial charge in [0.2, 0.25) is 5.91 Å². The first kappa shape index (κ1) is 67.1. The monoisotopic (exact) mass is 970 g/mol. The predicted molar refractivity (Wildman–Crippen MR) is 301 cm³/mol. The van der Waals surface area contributed by atoms with Gasteiger partial charge in [-0.05, 0) is 83.5 Å². The molecule has 406 valence electrons. The van der Waals surface area contributed by atoms with Crippen LogP contribution in [-0.2, 0) is 14.3 Å². The Bertz CT molecular complexity index is 1120. The first-order valence-corrected chi connectivity index (χ1v) is 30.7. The molecule has 0 rings (SSSR count). The van der Waals surface area contributed by atoms with Gasteiger partial charge in [-0.1, -0.05) is 269 Å². The predicted octanol–water partition coefficient (Wildman–Crippen LogP) is 19.2. The van der Waals surface area contributed by atoms with Gasteiger partial charge in [-0.15, -0.1) is 0 Å². The van der Waals surface area contributed by atoms with E-state index in [1.165, 1.54) is 244 Å². The maximum absolute atomic E-state index is 12.4. The van der Waals surface area contributed by atoms with Crippen LogP contribution in [0.5, 0.6) is 0 Å². The van der Waals surface area contributed by atoms with Crippen LogP contribution in [0.3, 0.4) is 0 Å². The number of hydrogen-bond acceptors (Lipinski definition) is 5. The highest BCUT2D eigenvalue weighted by Crippen LogP contribution is 2.17. The topological polar surface area (TPSA) is 95.9 Å². The van der Waals surface area contributed by atoms with Crippen LogP contribution in [0, 0.1) is 0 Å². The smallest absolute Gasteiger partial charge is 0.305 e. The van der Waals surface area contributed by atoms with E-state index in [1.54, 1.807) is 0 Å². The summed E-state index contributed by atoms with van der Waals surface area (Å²) in [7, 11) is 0. The van der Waals surface area contributed by atoms with Crippen LogP contribution in [0.15, 0.2) is 36.5 Å². The van der Waals surface area contributed by atoms with Gasteiger partial charge in [0.05, 0.1) is 25.4 Å². The number of aliphatic hydroxyl groups excluding tert-OH is 2. The molecular weight excluding hydrogens is 851 g/mol. The maximum atomic E-state index is 12.4. The molecule has 0 saturated heterocycles. The molecule has 0 aromatic rings. The van der Waals surface area contributed by atoms with E-state index < -0.39 is 12.1 Å². The van der Waals surface area contributed by atoms with Crippen molar-refractivity contribution >= 4 is 11.9 Å². The minimum Gasteiger partial charge on any atom is -0.466 e. The minimum atomic E-state index is -0.664. The maximum Gasteiger partial charge on any atom is 0.305 e. The van der Waals surface area contributed by atoms with E-state index in [2.05, 4.69) is 55.6 Å². The number of carbonyl (C=O) groups is 2. The lowest BCUT2D eigenvalue weighted by atomic mass is 10.0. The molecule has 2 atom stereocenters. The van der Waals surface area contributed by atoms with E-state index in [0.29, 0.717) is 25.9 Å². The number of allylic oxidation sites excluding steroid dienone is 6. The Morgan fingerprint density at radius 1 is 0.406 bits per heavy atom. The molecule has 0 spiro atoms. The quantitative estimate of drug-likeness (QED) is 0.0321. The Kier molecular flexibility index (Phi) is 57.0. The fraction of sp³-hybridized carbons (Fsp3) is 0.873. The number of amides is 1. The molecule has 0 aliphatic rings. The van der Waals surface area contributed by atoms with E-state index >= 15 is 0 Å². The highest BCUT2D eigenvalue weighted by molar-refractivity contribution is 5.76. The Hall–Kier alpha value is -1.92. The molecule has 0 aromatic carbocycles. The van der Waals surface area contributed by atoms with Gasteiger partial charge in [-0.2, -0.15) is 0 Å². The fourth-order valence-corrected chi connectivity index (χ4v) is 9.43. The van der Waals surface area contributed by atoms with Gasteiger partial charge in [-0.3, -0.25) is 9.59 Å². The second-order valence-electron chi connectivity index (χ2n) is 21.0. The van der Waals surface area contributed by atoms with Crippen molar-refractivity contribution in [2.24, 2.45) is 0 Å². The van der Waals surface area contributed by atoms with Crippen LogP contribution in [-0.4, -0.2) is 47.4 Å². The summed E-state index contributed by atoms with van der Waals surface area (Å²) >= 11 is 0. The molecule has 0 aliphatic heterocycles. The lowest BCUT2D eigenvalue weighted by Crippen LogP contribution is -2.45. The van der Waals surface area contributed by atoms with E-state index in [0.717, 1.165) is 51.4 Å². The number of carbonyl (C=O) groups excluding carboxylic acids is 2. The summed E-state index contributed by atoms with van der Waals surface area (Å²) in [5, 5.41) is 23.1. The van der Waals surface area contributed by atoms with Crippen molar-refractivity contribution in [1.29, 1.82) is 0 Å². The van der Waals surface area contributed by atoms with Crippen molar-refractivity contribution in [3.05, 3.63) is 36.5 Å². The van der Waals surface area contributed by atoms with Gasteiger partial charge in [0.15, 0.2) is 0 Å². The van der Waals surface area contributed by atoms with E-state index in [4.69, 9.17) is 4.74 Å². The van der Waals surface area contributed by atoms with Crippen LogP contribution in [0.25, 0.3) is 0 Å². The Labute approximate surface area is 430 Å². The highest BCUT2D eigenvalue weighted by Gasteiger charge is 2.20. The normalized spacial score (nSPS) is 12.8. The Morgan fingerprint density at radius 3 is 1.13 bits per heavy atom. The molecule has 1 amide bonds. The standard InChI is InChI=1S/C63H119NO5/c1-3-5-7-9-11-13-14-15-16-17-28-31-34-37-41-45-49-53-57-63(68)69-58-54-50-46-42-38-35-32-29-26-24-22-20-18-19-21-23-25-27-30-33-36-40-44-48-52-56-62(67)64-60(59-65)61(66)55-51-47-43-39-12-10-8-6-4-2/h13-14,16-17,19,21,60-61,65-66H,3-12,15,18,20,22-59H2,1-2H3,(H,64,67)/b14-13-,17-16-,21-19-. The zero-order valence-corrected chi connectivity index (χ0v) is 46.3. The zero-order chi connectivity index (χ0) is 50.0. The molecule has 0 aliphatic carbocycles. The molecule has 0 saturated carbocycles. The average Bonchev–Trinajstić information content (AvgIpc) is 3.35. The average molecular weight is 971 g/mol. The molecule has 0 aromatic heterocycles. The third kappa shape index (κ3) is 55.2. The zero-order valence-electron chi connectivity index (χ0n) is 46.3. The fourth-order valence-electron chi connectivity index (χ4n) is 9.43. The molecule has 6 nitrogen and oxygen atoms in total. The van der Waals surface area contributed by atoms with Crippen LogP contribution in [0.4, 0.5) is 0 Å². The molecular formula is C63H119NO5. The van der Waals surface area contributed by atoms with Crippen LogP contribution in [0.1, 0.15) is 328 Å². The van der Waals surface area contributed by atoms with Gasteiger partial charge in [-0.25, -0.2) is 0 Å². The van der Waals surface area contributed by atoms with Crippen molar-refractivity contribution in [3.8, 4) is 0 Å². The summed E-state index contributed by atoms with van der Waals surface area (Å²) in [6.45, 7) is 4.92. The SMILES string of the molecule is CCCCCC/C=C\C/C=C\CCCCCCCCCC(=O)OCCCCCCCCCCCCCC/C=C\CCCCCCCCCCCC(=O)NC(CO)C(O)CCCCCCCCCCC. The third-order valence-corrected chi connectivity index (χ3v) is 14.2. The van der Waals surface area contributed by atoms with Gasteiger partial charge in [0.1, 0.15) is 0 Å². The molecule has 3 N–H and O–H groups in total. The second-order valence-corrected chi connectivity index (χ2v) is 21.0. The van der Waals surface area contributed by atoms with E-state index in [9.17, 15) is 19.8 Å². The van der Waals surface area contributed by atoms with Crippen LogP contribution < -0.4 is 5.32 Å². The highest BCUT2D eigenvalue weighted by atomic mass is 16.5. The number of ether oxygens (including phenoxy) is 1. The number of esters is 1. The number of nitrogens with one attached hydrogen (secondary N) is 1. The summed E-state index contributed by atoms with van der Waals surface area (Å²) in [4.78, 5) is 24.5. The molecule has 0 fully saturated rings. The van der Waals surface area contributed by atoms with Crippen molar-refractivity contribution in [3.63, 3.8) is 0 Å². The van der Waals surface area contributed by atoms with Crippen molar-refractivity contribution < 1.29 is 24.5 Å². The first-order chi connectivity index (χ1) is 34.0. The number of unbranched alkanes of at least 4 members (excludes halogenated alkanes) is 40. The summed E-state index contributed by atoms with van der Waals surface area (Å²) in [5.74, 6) is -0.0343. The largest absolute Gasteiger partial charge is 0.466 e. The van der Waals surface area contributed by atoms with Gasteiger partial charge in [0, 0.05) is 12.8 Å². The Morgan fingerprint density at radius 2 is 0.725 bits per heavy atom. The van der Waals surface area contributed by atoms with Crippen molar-refractivity contribution in [2.45, 2.75) is 341 Å². The molecule has 0 heterocycles.